The Bertz CT molecular complexity index is 426. The largest absolute Gasteiger partial charge is 0.350 e. The highest BCUT2D eigenvalue weighted by atomic mass is 79.9. The van der Waals surface area contributed by atoms with Crippen LogP contribution in [-0.4, -0.2) is 11.4 Å². The van der Waals surface area contributed by atoms with Gasteiger partial charge in [0, 0.05) is 16.4 Å². The van der Waals surface area contributed by atoms with E-state index in [1.807, 2.05) is 31.2 Å². The summed E-state index contributed by atoms with van der Waals surface area (Å²) >= 11 is 3.40. The molecule has 1 amide bonds. The Morgan fingerprint density at radius 1 is 1.44 bits per heavy atom. The number of halogens is 1. The fourth-order valence-corrected chi connectivity index (χ4v) is 2.52. The Balaban J connectivity index is 1.88. The Morgan fingerprint density at radius 3 is 2.56 bits per heavy atom. The molecule has 98 valence electrons. The average Bonchev–Trinajstić information content (AvgIpc) is 2.27. The first-order valence-corrected chi connectivity index (χ1v) is 7.12. The minimum atomic E-state index is -0.247. The molecule has 1 fully saturated rings. The zero-order chi connectivity index (χ0) is 13.2. The van der Waals surface area contributed by atoms with Crippen molar-refractivity contribution in [3.63, 3.8) is 0 Å². The van der Waals surface area contributed by atoms with Crippen molar-refractivity contribution in [2.75, 3.05) is 0 Å². The SMILES string of the molecule is C[C@@H](NC(=O)CC1(N)CCC1)c1ccc(Br)cc1. The van der Waals surface area contributed by atoms with Crippen LogP contribution in [0.15, 0.2) is 28.7 Å². The van der Waals surface area contributed by atoms with E-state index in [-0.39, 0.29) is 17.5 Å². The zero-order valence-corrected chi connectivity index (χ0v) is 12.2. The van der Waals surface area contributed by atoms with E-state index in [4.69, 9.17) is 5.73 Å². The molecule has 1 aromatic rings. The number of hydrogen-bond acceptors (Lipinski definition) is 2. The van der Waals surface area contributed by atoms with Crippen LogP contribution in [0.2, 0.25) is 0 Å². The fraction of sp³-hybridized carbons (Fsp3) is 0.500. The van der Waals surface area contributed by atoms with Crippen LogP contribution in [0.4, 0.5) is 0 Å². The number of amides is 1. The molecule has 1 aliphatic carbocycles. The van der Waals surface area contributed by atoms with Gasteiger partial charge in [0.05, 0.1) is 6.04 Å². The number of nitrogens with one attached hydrogen (secondary N) is 1. The molecule has 1 aliphatic rings. The van der Waals surface area contributed by atoms with Gasteiger partial charge in [-0.1, -0.05) is 28.1 Å². The smallest absolute Gasteiger partial charge is 0.222 e. The van der Waals surface area contributed by atoms with Gasteiger partial charge in [-0.05, 0) is 43.9 Å². The summed E-state index contributed by atoms with van der Waals surface area (Å²) in [4.78, 5) is 11.9. The number of hydrogen-bond donors (Lipinski definition) is 2. The van der Waals surface area contributed by atoms with Crippen LogP contribution in [-0.2, 0) is 4.79 Å². The van der Waals surface area contributed by atoms with Gasteiger partial charge < -0.3 is 11.1 Å². The van der Waals surface area contributed by atoms with Gasteiger partial charge in [-0.15, -0.1) is 0 Å². The third-order valence-electron chi connectivity index (χ3n) is 3.61. The van der Waals surface area contributed by atoms with Crippen LogP contribution in [0.5, 0.6) is 0 Å². The normalized spacial score (nSPS) is 18.8. The lowest BCUT2D eigenvalue weighted by atomic mass is 9.75. The van der Waals surface area contributed by atoms with Crippen molar-refractivity contribution in [3.05, 3.63) is 34.3 Å². The van der Waals surface area contributed by atoms with E-state index in [1.165, 1.54) is 0 Å². The highest BCUT2D eigenvalue weighted by Gasteiger charge is 2.34. The first-order valence-electron chi connectivity index (χ1n) is 6.32. The van der Waals surface area contributed by atoms with Crippen molar-refractivity contribution >= 4 is 21.8 Å². The number of nitrogens with two attached hydrogens (primary N) is 1. The van der Waals surface area contributed by atoms with Crippen molar-refractivity contribution in [2.24, 2.45) is 5.73 Å². The van der Waals surface area contributed by atoms with Crippen molar-refractivity contribution in [2.45, 2.75) is 44.2 Å². The van der Waals surface area contributed by atoms with Gasteiger partial charge in [-0.25, -0.2) is 0 Å². The standard InChI is InChI=1S/C14H19BrN2O/c1-10(11-3-5-12(15)6-4-11)17-13(18)9-14(16)7-2-8-14/h3-6,10H,2,7-9,16H2,1H3,(H,17,18)/t10-/m1/s1. The average molecular weight is 311 g/mol. The molecule has 0 saturated heterocycles. The van der Waals surface area contributed by atoms with Crippen LogP contribution in [0.25, 0.3) is 0 Å². The number of rotatable bonds is 4. The Labute approximate surface area is 116 Å². The summed E-state index contributed by atoms with van der Waals surface area (Å²) in [5, 5.41) is 3.01. The third-order valence-corrected chi connectivity index (χ3v) is 4.14. The van der Waals surface area contributed by atoms with Gasteiger partial charge in [0.25, 0.3) is 0 Å². The van der Waals surface area contributed by atoms with Gasteiger partial charge >= 0.3 is 0 Å². The molecule has 0 aliphatic heterocycles. The second kappa shape index (κ2) is 5.41. The van der Waals surface area contributed by atoms with Crippen LogP contribution < -0.4 is 11.1 Å². The van der Waals surface area contributed by atoms with Crippen LogP contribution in [0.1, 0.15) is 44.2 Å². The molecule has 0 heterocycles. The first-order chi connectivity index (χ1) is 8.48. The van der Waals surface area contributed by atoms with Crippen molar-refractivity contribution in [3.8, 4) is 0 Å². The Kier molecular flexibility index (Phi) is 4.07. The summed E-state index contributed by atoms with van der Waals surface area (Å²) in [7, 11) is 0. The lowest BCUT2D eigenvalue weighted by molar-refractivity contribution is -0.123. The highest BCUT2D eigenvalue weighted by Crippen LogP contribution is 2.32. The van der Waals surface area contributed by atoms with E-state index in [0.29, 0.717) is 6.42 Å². The molecule has 4 heteroatoms. The van der Waals surface area contributed by atoms with Gasteiger partial charge in [0.2, 0.25) is 5.91 Å². The van der Waals surface area contributed by atoms with E-state index in [2.05, 4.69) is 21.2 Å². The van der Waals surface area contributed by atoms with Gasteiger partial charge in [0.15, 0.2) is 0 Å². The summed E-state index contributed by atoms with van der Waals surface area (Å²) in [6, 6.07) is 8.00. The number of carbonyl (C=O) groups is 1. The lowest BCUT2D eigenvalue weighted by Crippen LogP contribution is -2.50. The van der Waals surface area contributed by atoms with E-state index in [0.717, 1.165) is 29.3 Å². The van der Waals surface area contributed by atoms with Crippen LogP contribution >= 0.6 is 15.9 Å². The predicted octanol–water partition coefficient (Wildman–Crippen LogP) is 2.90. The topological polar surface area (TPSA) is 55.1 Å². The molecule has 18 heavy (non-hydrogen) atoms. The molecular weight excluding hydrogens is 292 g/mol. The molecule has 1 aromatic carbocycles. The van der Waals surface area contributed by atoms with Gasteiger partial charge in [0.1, 0.15) is 0 Å². The maximum absolute atomic E-state index is 11.9. The summed E-state index contributed by atoms with van der Waals surface area (Å²) < 4.78 is 1.04. The molecule has 0 unspecified atom stereocenters. The predicted molar refractivity (Wildman–Crippen MR) is 76.1 cm³/mol. The van der Waals surface area contributed by atoms with Crippen molar-refractivity contribution in [1.82, 2.24) is 5.32 Å². The second-order valence-electron chi connectivity index (χ2n) is 5.23. The Hall–Kier alpha value is -0.870. The van der Waals surface area contributed by atoms with E-state index in [9.17, 15) is 4.79 Å². The fourth-order valence-electron chi connectivity index (χ4n) is 2.25. The minimum absolute atomic E-state index is 0.0225. The third kappa shape index (κ3) is 3.33. The zero-order valence-electron chi connectivity index (χ0n) is 10.6. The monoisotopic (exact) mass is 310 g/mol. The van der Waals surface area contributed by atoms with E-state index in [1.54, 1.807) is 0 Å². The minimum Gasteiger partial charge on any atom is -0.350 e. The second-order valence-corrected chi connectivity index (χ2v) is 6.15. The van der Waals surface area contributed by atoms with Gasteiger partial charge in [-0.2, -0.15) is 0 Å². The molecule has 3 nitrogen and oxygen atoms in total. The molecule has 1 saturated carbocycles. The summed E-state index contributed by atoms with van der Waals surface area (Å²) in [6.07, 6.45) is 3.51. The molecule has 3 N–H and O–H groups in total. The molecule has 1 atom stereocenters. The van der Waals surface area contributed by atoms with E-state index >= 15 is 0 Å². The quantitative estimate of drug-likeness (QED) is 0.898. The number of benzene rings is 1. The maximum atomic E-state index is 11.9. The highest BCUT2D eigenvalue weighted by molar-refractivity contribution is 9.10. The first kappa shape index (κ1) is 13.6. The maximum Gasteiger partial charge on any atom is 0.222 e. The van der Waals surface area contributed by atoms with Crippen LogP contribution in [0, 0.1) is 0 Å². The summed E-state index contributed by atoms with van der Waals surface area (Å²) in [5.74, 6) is 0.0487. The molecule has 0 aromatic heterocycles. The molecule has 0 spiro atoms. The van der Waals surface area contributed by atoms with Crippen LogP contribution in [0.3, 0.4) is 0 Å². The molecular formula is C14H19BrN2O. The van der Waals surface area contributed by atoms with Crippen molar-refractivity contribution < 1.29 is 4.79 Å². The summed E-state index contributed by atoms with van der Waals surface area (Å²) in [5.41, 5.74) is 6.93. The van der Waals surface area contributed by atoms with Gasteiger partial charge in [-0.3, -0.25) is 4.79 Å². The molecule has 0 radical (unpaired) electrons. The molecule has 2 rings (SSSR count). The summed E-state index contributed by atoms with van der Waals surface area (Å²) in [6.45, 7) is 1.99. The van der Waals surface area contributed by atoms with E-state index < -0.39 is 0 Å². The molecule has 0 bridgehead atoms. The van der Waals surface area contributed by atoms with Crippen molar-refractivity contribution in [1.29, 1.82) is 0 Å². The Morgan fingerprint density at radius 2 is 2.06 bits per heavy atom. The number of carbonyl (C=O) groups excluding carboxylic acids is 1. The lowest BCUT2D eigenvalue weighted by Gasteiger charge is -2.37.